The molecule has 0 unspecified atom stereocenters. The second-order valence-corrected chi connectivity index (χ2v) is 12.6. The Labute approximate surface area is 296 Å². The highest BCUT2D eigenvalue weighted by Gasteiger charge is 2.23. The molecule has 4 rings (SSSR count). The molecule has 0 radical (unpaired) electrons. The largest absolute Gasteiger partial charge is 0.354 e. The minimum atomic E-state index is -0.655. The lowest BCUT2D eigenvalue weighted by atomic mass is 10.0. The molecule has 4 aromatic rings. The summed E-state index contributed by atoms with van der Waals surface area (Å²) in [6.07, 6.45) is 9.08. The van der Waals surface area contributed by atoms with Crippen molar-refractivity contribution in [3.8, 4) is 0 Å². The first-order valence-electron chi connectivity index (χ1n) is 17.8. The zero-order valence-electron chi connectivity index (χ0n) is 28.8. The van der Waals surface area contributed by atoms with E-state index in [2.05, 4.69) is 21.3 Å². The summed E-state index contributed by atoms with van der Waals surface area (Å²) < 4.78 is 0. The van der Waals surface area contributed by atoms with Crippen molar-refractivity contribution in [1.29, 1.82) is 0 Å². The fourth-order valence-corrected chi connectivity index (χ4v) is 5.76. The number of carbonyl (C=O) groups is 4. The molecule has 2 atom stereocenters. The summed E-state index contributed by atoms with van der Waals surface area (Å²) in [6, 6.07) is 36.0. The quantitative estimate of drug-likeness (QED) is 0.0764. The molecule has 0 saturated heterocycles. The number of hydrogen-bond donors (Lipinski definition) is 4. The van der Waals surface area contributed by atoms with Gasteiger partial charge in [0.05, 0.1) is 0 Å². The molecule has 0 aliphatic heterocycles. The molecule has 0 bridgehead atoms. The Morgan fingerprint density at radius 2 is 0.700 bits per heavy atom. The van der Waals surface area contributed by atoms with Crippen molar-refractivity contribution >= 4 is 23.6 Å². The average Bonchev–Trinajstić information content (AvgIpc) is 3.16. The summed E-state index contributed by atoms with van der Waals surface area (Å²) in [6.45, 7) is 1.14. The van der Waals surface area contributed by atoms with Crippen LogP contribution in [0.5, 0.6) is 0 Å². The second-order valence-electron chi connectivity index (χ2n) is 12.6. The summed E-state index contributed by atoms with van der Waals surface area (Å²) in [5.74, 6) is -0.863. The Morgan fingerprint density at radius 3 is 1.04 bits per heavy atom. The van der Waals surface area contributed by atoms with Crippen molar-refractivity contribution in [1.82, 2.24) is 21.3 Å². The molecule has 0 aromatic heterocycles. The lowest BCUT2D eigenvalue weighted by Gasteiger charge is -2.19. The number of carbonyl (C=O) groups excluding carboxylic acids is 4. The molecule has 8 heteroatoms. The summed E-state index contributed by atoms with van der Waals surface area (Å²) in [5, 5.41) is 11.9. The van der Waals surface area contributed by atoms with Gasteiger partial charge < -0.3 is 21.3 Å². The zero-order chi connectivity index (χ0) is 35.2. The Morgan fingerprint density at radius 1 is 0.400 bits per heavy atom. The molecule has 4 amide bonds. The first kappa shape index (κ1) is 37.6. The third-order valence-corrected chi connectivity index (χ3v) is 8.58. The van der Waals surface area contributed by atoms with Gasteiger partial charge >= 0.3 is 0 Å². The Balaban J connectivity index is 1.08. The Hall–Kier alpha value is -5.24. The molecule has 0 fully saturated rings. The van der Waals surface area contributed by atoms with Gasteiger partial charge in [0.2, 0.25) is 11.8 Å². The lowest BCUT2D eigenvalue weighted by Crippen LogP contribution is -2.48. The van der Waals surface area contributed by atoms with Crippen LogP contribution in [0.1, 0.15) is 83.2 Å². The van der Waals surface area contributed by atoms with E-state index in [4.69, 9.17) is 0 Å². The summed E-state index contributed by atoms with van der Waals surface area (Å²) in [5.41, 5.74) is 3.03. The molecule has 0 saturated carbocycles. The zero-order valence-corrected chi connectivity index (χ0v) is 28.8. The van der Waals surface area contributed by atoms with E-state index >= 15 is 0 Å². The predicted molar refractivity (Wildman–Crippen MR) is 199 cm³/mol. The molecule has 8 nitrogen and oxygen atoms in total. The smallest absolute Gasteiger partial charge is 0.251 e. The van der Waals surface area contributed by atoms with Crippen molar-refractivity contribution in [2.24, 2.45) is 0 Å². The van der Waals surface area contributed by atoms with Crippen LogP contribution in [-0.4, -0.2) is 48.8 Å². The van der Waals surface area contributed by atoms with Crippen LogP contribution in [0.3, 0.4) is 0 Å². The van der Waals surface area contributed by atoms with Crippen LogP contribution in [0.15, 0.2) is 121 Å². The van der Waals surface area contributed by atoms with E-state index in [1.807, 2.05) is 97.1 Å². The van der Waals surface area contributed by atoms with Gasteiger partial charge in [-0.1, -0.05) is 136 Å². The van der Waals surface area contributed by atoms with Crippen molar-refractivity contribution in [2.75, 3.05) is 13.1 Å². The summed E-state index contributed by atoms with van der Waals surface area (Å²) in [7, 11) is 0. The molecular weight excluding hydrogens is 624 g/mol. The second kappa shape index (κ2) is 21.7. The van der Waals surface area contributed by atoms with Crippen LogP contribution < -0.4 is 21.3 Å². The molecule has 262 valence electrons. The van der Waals surface area contributed by atoms with Gasteiger partial charge in [0.1, 0.15) is 12.1 Å². The highest BCUT2D eigenvalue weighted by Crippen LogP contribution is 2.10. The van der Waals surface area contributed by atoms with Crippen molar-refractivity contribution in [2.45, 2.75) is 76.3 Å². The molecule has 0 spiro atoms. The summed E-state index contributed by atoms with van der Waals surface area (Å²) >= 11 is 0. The van der Waals surface area contributed by atoms with Crippen molar-refractivity contribution < 1.29 is 19.2 Å². The molecule has 0 heterocycles. The van der Waals surface area contributed by atoms with Gasteiger partial charge in [-0.15, -0.1) is 0 Å². The minimum absolute atomic E-state index is 0.171. The maximum Gasteiger partial charge on any atom is 0.251 e. The number of benzene rings is 4. The number of hydrogen-bond acceptors (Lipinski definition) is 4. The van der Waals surface area contributed by atoms with Gasteiger partial charge in [-0.05, 0) is 48.2 Å². The van der Waals surface area contributed by atoms with Crippen LogP contribution in [0.4, 0.5) is 0 Å². The third-order valence-electron chi connectivity index (χ3n) is 8.58. The Kier molecular flexibility index (Phi) is 16.3. The van der Waals surface area contributed by atoms with Gasteiger partial charge in [0, 0.05) is 37.1 Å². The maximum absolute atomic E-state index is 13.1. The van der Waals surface area contributed by atoms with Gasteiger partial charge in [0.15, 0.2) is 0 Å². The van der Waals surface area contributed by atoms with E-state index in [0.717, 1.165) is 62.5 Å². The fraction of sp³-hybridized carbons (Fsp3) is 0.333. The van der Waals surface area contributed by atoms with Crippen LogP contribution >= 0.6 is 0 Å². The number of amides is 4. The molecule has 0 aliphatic rings. The van der Waals surface area contributed by atoms with E-state index < -0.39 is 12.1 Å². The predicted octanol–water partition coefficient (Wildman–Crippen LogP) is 6.42. The number of rotatable bonds is 21. The van der Waals surface area contributed by atoms with E-state index in [1.54, 1.807) is 24.3 Å². The normalized spacial score (nSPS) is 11.9. The molecular formula is C42H50N4O4. The van der Waals surface area contributed by atoms with Crippen molar-refractivity contribution in [3.63, 3.8) is 0 Å². The molecule has 4 aromatic carbocycles. The highest BCUT2D eigenvalue weighted by atomic mass is 16.2. The van der Waals surface area contributed by atoms with Crippen LogP contribution in [-0.2, 0) is 22.4 Å². The fourth-order valence-electron chi connectivity index (χ4n) is 5.76. The minimum Gasteiger partial charge on any atom is -0.354 e. The number of unbranched alkanes of at least 4 members (excludes halogenated alkanes) is 7. The first-order valence-corrected chi connectivity index (χ1v) is 17.8. The van der Waals surface area contributed by atoms with Gasteiger partial charge in [-0.25, -0.2) is 0 Å². The van der Waals surface area contributed by atoms with Crippen LogP contribution in [0.25, 0.3) is 0 Å². The average molecular weight is 675 g/mol. The summed E-state index contributed by atoms with van der Waals surface area (Å²) in [4.78, 5) is 51.7. The number of nitrogens with one attached hydrogen (secondary N) is 4. The highest BCUT2D eigenvalue weighted by molar-refractivity contribution is 5.98. The standard InChI is InChI=1S/C42H50N4O4/c47-39(35-25-15-9-16-26-35)45-37(31-33-21-11-7-12-22-33)41(49)43-29-19-5-3-1-2-4-6-20-30-44-42(50)38(32-34-23-13-8-14-24-34)46-40(48)36-27-17-10-18-28-36/h7-18,21-28,37-38H,1-6,19-20,29-32H2,(H,43,49)(H,44,50)(H,45,47)(H,46,48)/t37-,38-/m0/s1. The van der Waals surface area contributed by atoms with E-state index in [-0.39, 0.29) is 23.6 Å². The topological polar surface area (TPSA) is 116 Å². The monoisotopic (exact) mass is 674 g/mol. The molecule has 0 aliphatic carbocycles. The molecule has 4 N–H and O–H groups in total. The molecule has 50 heavy (non-hydrogen) atoms. The maximum atomic E-state index is 13.1. The SMILES string of the molecule is O=C(N[C@@H](Cc1ccccc1)C(=O)NCCCCCCCCCCNC(=O)[C@H](Cc1ccccc1)NC(=O)c1ccccc1)c1ccccc1. The van der Waals surface area contributed by atoms with Crippen molar-refractivity contribution in [3.05, 3.63) is 144 Å². The van der Waals surface area contributed by atoms with Gasteiger partial charge in [0.25, 0.3) is 11.8 Å². The Bertz CT molecular complexity index is 1460. The van der Waals surface area contributed by atoms with Gasteiger partial charge in [-0.2, -0.15) is 0 Å². The first-order chi connectivity index (χ1) is 24.5. The third kappa shape index (κ3) is 13.7. The van der Waals surface area contributed by atoms with Crippen LogP contribution in [0, 0.1) is 0 Å². The van der Waals surface area contributed by atoms with E-state index in [9.17, 15) is 19.2 Å². The lowest BCUT2D eigenvalue weighted by molar-refractivity contribution is -0.123. The van der Waals surface area contributed by atoms with Crippen LogP contribution in [0.2, 0.25) is 0 Å². The van der Waals surface area contributed by atoms with E-state index in [0.29, 0.717) is 37.1 Å². The van der Waals surface area contributed by atoms with Gasteiger partial charge in [-0.3, -0.25) is 19.2 Å². The van der Waals surface area contributed by atoms with E-state index in [1.165, 1.54) is 0 Å².